The van der Waals surface area contributed by atoms with Crippen LogP contribution in [0.1, 0.15) is 22.5 Å². The highest BCUT2D eigenvalue weighted by Crippen LogP contribution is 2.24. The van der Waals surface area contributed by atoms with E-state index in [0.717, 1.165) is 42.3 Å². The van der Waals surface area contributed by atoms with Crippen LogP contribution in [0.4, 0.5) is 0 Å². The largest absolute Gasteiger partial charge is 0.460 e. The van der Waals surface area contributed by atoms with Crippen molar-refractivity contribution < 1.29 is 4.42 Å². The van der Waals surface area contributed by atoms with Crippen molar-refractivity contribution in [2.24, 2.45) is 0 Å². The van der Waals surface area contributed by atoms with Crippen molar-refractivity contribution >= 4 is 10.9 Å². The Morgan fingerprint density at radius 1 is 1.12 bits per heavy atom. The van der Waals surface area contributed by atoms with Crippen LogP contribution in [-0.4, -0.2) is 21.7 Å². The fourth-order valence-electron chi connectivity index (χ4n) is 3.32. The van der Waals surface area contributed by atoms with E-state index >= 15 is 0 Å². The Bertz CT molecular complexity index is 992. The van der Waals surface area contributed by atoms with Crippen LogP contribution >= 0.6 is 0 Å². The van der Waals surface area contributed by atoms with E-state index in [4.69, 9.17) is 4.42 Å². The third-order valence-electron chi connectivity index (χ3n) is 4.59. The summed E-state index contributed by atoms with van der Waals surface area (Å²) < 4.78 is 5.69. The lowest BCUT2D eigenvalue weighted by Gasteiger charge is -2.05. The maximum absolute atomic E-state index is 5.69. The van der Waals surface area contributed by atoms with E-state index in [9.17, 15) is 0 Å². The smallest absolute Gasteiger partial charge is 0.152 e. The molecule has 5 nitrogen and oxygen atoms in total. The number of aryl methyl sites for hydroxylation is 2. The first-order valence-electron chi connectivity index (χ1n) is 8.57. The number of H-pyrrole nitrogens is 2. The molecule has 0 amide bonds. The molecule has 4 aromatic rings. The molecule has 1 aromatic carbocycles. The zero-order chi connectivity index (χ0) is 17.2. The van der Waals surface area contributed by atoms with E-state index in [1.54, 1.807) is 0 Å². The highest BCUT2D eigenvalue weighted by molar-refractivity contribution is 5.86. The number of nitrogens with one attached hydrogen (secondary N) is 3. The second-order valence-corrected chi connectivity index (χ2v) is 6.42. The van der Waals surface area contributed by atoms with Gasteiger partial charge in [-0.3, -0.25) is 5.10 Å². The molecule has 0 atom stereocenters. The summed E-state index contributed by atoms with van der Waals surface area (Å²) in [7, 11) is 0. The Balaban J connectivity index is 1.40. The first kappa shape index (κ1) is 15.7. The normalized spacial score (nSPS) is 11.4. The monoisotopic (exact) mass is 334 g/mol. The lowest BCUT2D eigenvalue weighted by Crippen LogP contribution is -2.16. The average molecular weight is 334 g/mol. The first-order valence-corrected chi connectivity index (χ1v) is 8.57. The van der Waals surface area contributed by atoms with Gasteiger partial charge in [-0.1, -0.05) is 12.1 Å². The standard InChI is InChI=1S/C20H22N4O/c1-13-4-3-5-17-19(13)15(11-22-17)8-9-21-10-16-12-23-24-20(16)18-7-6-14(2)25-18/h3-7,11-12,21-22H,8-10H2,1-2H3,(H,23,24). The minimum Gasteiger partial charge on any atom is -0.460 e. The number of furan rings is 1. The molecule has 5 heteroatoms. The molecule has 25 heavy (non-hydrogen) atoms. The van der Waals surface area contributed by atoms with E-state index in [1.807, 2.05) is 25.3 Å². The number of benzene rings is 1. The van der Waals surface area contributed by atoms with Crippen LogP contribution < -0.4 is 5.32 Å². The molecule has 128 valence electrons. The van der Waals surface area contributed by atoms with Gasteiger partial charge in [0.25, 0.3) is 0 Å². The molecule has 0 radical (unpaired) electrons. The van der Waals surface area contributed by atoms with Crippen molar-refractivity contribution in [3.63, 3.8) is 0 Å². The van der Waals surface area contributed by atoms with Gasteiger partial charge in [0, 0.05) is 29.2 Å². The molecule has 0 aliphatic heterocycles. The van der Waals surface area contributed by atoms with Crippen LogP contribution in [0.5, 0.6) is 0 Å². The van der Waals surface area contributed by atoms with Gasteiger partial charge < -0.3 is 14.7 Å². The molecule has 0 aliphatic rings. The summed E-state index contributed by atoms with van der Waals surface area (Å²) in [4.78, 5) is 3.36. The van der Waals surface area contributed by atoms with E-state index in [0.29, 0.717) is 0 Å². The Hall–Kier alpha value is -2.79. The molecule has 0 saturated heterocycles. The van der Waals surface area contributed by atoms with E-state index in [2.05, 4.69) is 51.8 Å². The SMILES string of the molecule is Cc1ccc(-c2[nH]ncc2CNCCc2c[nH]c3cccc(C)c23)o1. The predicted molar refractivity (Wildman–Crippen MR) is 99.5 cm³/mol. The van der Waals surface area contributed by atoms with Crippen LogP contribution in [0.2, 0.25) is 0 Å². The Labute approximate surface area is 146 Å². The predicted octanol–water partition coefficient (Wildman–Crippen LogP) is 4.10. The fraction of sp³-hybridized carbons (Fsp3) is 0.250. The number of fused-ring (bicyclic) bond motifs is 1. The molecule has 0 unspecified atom stereocenters. The third kappa shape index (κ3) is 3.10. The van der Waals surface area contributed by atoms with Crippen LogP contribution in [0.3, 0.4) is 0 Å². The zero-order valence-electron chi connectivity index (χ0n) is 14.5. The second kappa shape index (κ2) is 6.61. The molecule has 0 bridgehead atoms. The van der Waals surface area contributed by atoms with Crippen LogP contribution in [0, 0.1) is 13.8 Å². The van der Waals surface area contributed by atoms with Gasteiger partial charge >= 0.3 is 0 Å². The molecule has 0 saturated carbocycles. The topological polar surface area (TPSA) is 69.6 Å². The lowest BCUT2D eigenvalue weighted by molar-refractivity contribution is 0.545. The quantitative estimate of drug-likeness (QED) is 0.465. The first-order chi connectivity index (χ1) is 12.2. The number of aromatic nitrogens is 3. The van der Waals surface area contributed by atoms with E-state index < -0.39 is 0 Å². The average Bonchev–Trinajstić information content (AvgIpc) is 3.31. The Morgan fingerprint density at radius 2 is 2.04 bits per heavy atom. The fourth-order valence-corrected chi connectivity index (χ4v) is 3.32. The number of aromatic amines is 2. The number of nitrogens with zero attached hydrogens (tertiary/aromatic N) is 1. The highest BCUT2D eigenvalue weighted by Gasteiger charge is 2.11. The highest BCUT2D eigenvalue weighted by atomic mass is 16.3. The molecule has 3 aromatic heterocycles. The van der Waals surface area contributed by atoms with Gasteiger partial charge in [-0.25, -0.2) is 0 Å². The van der Waals surface area contributed by atoms with Crippen molar-refractivity contribution in [2.45, 2.75) is 26.8 Å². The van der Waals surface area contributed by atoms with Gasteiger partial charge in [0.1, 0.15) is 11.5 Å². The molecule has 0 fully saturated rings. The van der Waals surface area contributed by atoms with Gasteiger partial charge in [-0.05, 0) is 56.1 Å². The Morgan fingerprint density at radius 3 is 2.88 bits per heavy atom. The van der Waals surface area contributed by atoms with Gasteiger partial charge in [0.15, 0.2) is 5.76 Å². The van der Waals surface area contributed by atoms with Crippen LogP contribution in [0.25, 0.3) is 22.4 Å². The minimum atomic E-state index is 0.757. The van der Waals surface area contributed by atoms with Crippen LogP contribution in [0.15, 0.2) is 47.1 Å². The molecule has 4 rings (SSSR count). The number of hydrogen-bond donors (Lipinski definition) is 3. The summed E-state index contributed by atoms with van der Waals surface area (Å²) in [5.41, 5.74) is 5.95. The molecule has 3 heterocycles. The maximum Gasteiger partial charge on any atom is 0.152 e. The van der Waals surface area contributed by atoms with Crippen LogP contribution in [-0.2, 0) is 13.0 Å². The second-order valence-electron chi connectivity index (χ2n) is 6.42. The third-order valence-corrected chi connectivity index (χ3v) is 4.59. The van der Waals surface area contributed by atoms with Crippen molar-refractivity contribution in [3.05, 3.63) is 65.2 Å². The number of hydrogen-bond acceptors (Lipinski definition) is 3. The number of rotatable bonds is 6. The van der Waals surface area contributed by atoms with Crippen molar-refractivity contribution in [2.75, 3.05) is 6.54 Å². The lowest BCUT2D eigenvalue weighted by atomic mass is 10.1. The van der Waals surface area contributed by atoms with Crippen molar-refractivity contribution in [1.82, 2.24) is 20.5 Å². The van der Waals surface area contributed by atoms with Crippen molar-refractivity contribution in [1.29, 1.82) is 0 Å². The molecular weight excluding hydrogens is 312 g/mol. The van der Waals surface area contributed by atoms with Gasteiger partial charge in [-0.2, -0.15) is 5.10 Å². The molecular formula is C20H22N4O. The van der Waals surface area contributed by atoms with Gasteiger partial charge in [0.05, 0.1) is 6.20 Å². The van der Waals surface area contributed by atoms with E-state index in [-0.39, 0.29) is 0 Å². The van der Waals surface area contributed by atoms with Gasteiger partial charge in [-0.15, -0.1) is 0 Å². The summed E-state index contributed by atoms with van der Waals surface area (Å²) in [6.45, 7) is 5.77. The molecule has 3 N–H and O–H groups in total. The van der Waals surface area contributed by atoms with E-state index in [1.165, 1.54) is 22.0 Å². The zero-order valence-corrected chi connectivity index (χ0v) is 14.5. The molecule has 0 spiro atoms. The minimum absolute atomic E-state index is 0.757. The van der Waals surface area contributed by atoms with Crippen molar-refractivity contribution in [3.8, 4) is 11.5 Å². The molecule has 0 aliphatic carbocycles. The summed E-state index contributed by atoms with van der Waals surface area (Å²) >= 11 is 0. The summed E-state index contributed by atoms with van der Waals surface area (Å²) in [5, 5.41) is 12.0. The van der Waals surface area contributed by atoms with Gasteiger partial charge in [0.2, 0.25) is 0 Å². The summed E-state index contributed by atoms with van der Waals surface area (Å²) in [6.07, 6.45) is 4.96. The maximum atomic E-state index is 5.69. The summed E-state index contributed by atoms with van der Waals surface area (Å²) in [5.74, 6) is 1.73. The Kier molecular flexibility index (Phi) is 4.15. The summed E-state index contributed by atoms with van der Waals surface area (Å²) in [6, 6.07) is 10.3.